The number of rotatable bonds is 3. The summed E-state index contributed by atoms with van der Waals surface area (Å²) in [5, 5.41) is 0. The Kier molecular flexibility index (Phi) is 2.15. The summed E-state index contributed by atoms with van der Waals surface area (Å²) in [6.07, 6.45) is 2.48. The molecule has 1 aromatic rings. The lowest BCUT2D eigenvalue weighted by molar-refractivity contribution is -0.0953. The summed E-state index contributed by atoms with van der Waals surface area (Å²) in [5.74, 6) is 0. The highest BCUT2D eigenvalue weighted by Crippen LogP contribution is 2.62. The third-order valence-corrected chi connectivity index (χ3v) is 5.44. The first-order valence-electron chi connectivity index (χ1n) is 5.26. The van der Waals surface area contributed by atoms with E-state index in [0.29, 0.717) is 5.41 Å². The van der Waals surface area contributed by atoms with Crippen LogP contribution in [0, 0.1) is 5.41 Å². The second-order valence-electron chi connectivity index (χ2n) is 4.66. The maximum atomic E-state index is 6.01. The number of hydrogen-bond donors (Lipinski definition) is 1. The number of ether oxygens (including phenoxy) is 1. The largest absolute Gasteiger partial charge is 0.379 e. The van der Waals surface area contributed by atoms with E-state index in [9.17, 15) is 0 Å². The quantitative estimate of drug-likeness (QED) is 0.885. The fraction of sp³-hybridized carbons (Fsp3) is 0.636. The van der Waals surface area contributed by atoms with Crippen molar-refractivity contribution in [1.29, 1.82) is 0 Å². The van der Waals surface area contributed by atoms with E-state index in [-0.39, 0.29) is 5.41 Å². The van der Waals surface area contributed by atoms with E-state index in [1.807, 2.05) is 6.07 Å². The lowest BCUT2D eigenvalue weighted by atomic mass is 9.69. The van der Waals surface area contributed by atoms with Crippen LogP contribution < -0.4 is 5.73 Å². The van der Waals surface area contributed by atoms with Gasteiger partial charge in [-0.25, -0.2) is 0 Å². The van der Waals surface area contributed by atoms with Crippen LogP contribution in [0.25, 0.3) is 0 Å². The molecule has 0 radical (unpaired) electrons. The van der Waals surface area contributed by atoms with Crippen LogP contribution in [0.3, 0.4) is 0 Å². The van der Waals surface area contributed by atoms with Crippen molar-refractivity contribution < 1.29 is 4.74 Å². The molecule has 2 heterocycles. The summed E-state index contributed by atoms with van der Waals surface area (Å²) in [5.41, 5.74) is 6.41. The first kappa shape index (κ1) is 10.1. The zero-order chi connectivity index (χ0) is 10.5. The van der Waals surface area contributed by atoms with Crippen molar-refractivity contribution in [3.63, 3.8) is 0 Å². The fourth-order valence-corrected chi connectivity index (χ4v) is 3.94. The molecule has 1 aromatic heterocycles. The minimum absolute atomic E-state index is 0.180. The average Bonchev–Trinajstić information content (AvgIpc) is 2.83. The van der Waals surface area contributed by atoms with E-state index in [0.717, 1.165) is 24.1 Å². The van der Waals surface area contributed by atoms with Crippen LogP contribution >= 0.6 is 22.9 Å². The normalized spacial score (nSPS) is 26.0. The average molecular weight is 244 g/mol. The van der Waals surface area contributed by atoms with Gasteiger partial charge in [0, 0.05) is 4.88 Å². The number of thiophene rings is 1. The van der Waals surface area contributed by atoms with E-state index in [1.165, 1.54) is 17.7 Å². The van der Waals surface area contributed by atoms with E-state index in [2.05, 4.69) is 6.07 Å². The second-order valence-corrected chi connectivity index (χ2v) is 6.38. The van der Waals surface area contributed by atoms with Crippen LogP contribution in [0.1, 0.15) is 17.7 Å². The highest BCUT2D eigenvalue weighted by atomic mass is 35.5. The smallest absolute Gasteiger partial charge is 0.0931 e. The van der Waals surface area contributed by atoms with Gasteiger partial charge in [-0.2, -0.15) is 0 Å². The van der Waals surface area contributed by atoms with Crippen molar-refractivity contribution in [2.24, 2.45) is 11.1 Å². The zero-order valence-corrected chi connectivity index (χ0v) is 10.0. The molecular weight excluding hydrogens is 230 g/mol. The number of halogens is 1. The van der Waals surface area contributed by atoms with Crippen LogP contribution in [-0.2, 0) is 10.2 Å². The maximum absolute atomic E-state index is 6.01. The van der Waals surface area contributed by atoms with Gasteiger partial charge in [0.25, 0.3) is 0 Å². The first-order valence-corrected chi connectivity index (χ1v) is 6.46. The first-order chi connectivity index (χ1) is 7.22. The molecule has 2 aliphatic rings. The third-order valence-electron chi connectivity index (χ3n) is 4.00. The molecule has 82 valence electrons. The van der Waals surface area contributed by atoms with Gasteiger partial charge in [-0.1, -0.05) is 11.6 Å². The summed E-state index contributed by atoms with van der Waals surface area (Å²) in [6.45, 7) is 2.41. The topological polar surface area (TPSA) is 35.2 Å². The molecule has 0 aromatic carbocycles. The third kappa shape index (κ3) is 1.24. The van der Waals surface area contributed by atoms with Crippen molar-refractivity contribution in [3.05, 3.63) is 21.3 Å². The number of nitrogens with two attached hydrogens (primary N) is 1. The van der Waals surface area contributed by atoms with E-state index < -0.39 is 0 Å². The van der Waals surface area contributed by atoms with Crippen molar-refractivity contribution in [2.45, 2.75) is 18.3 Å². The van der Waals surface area contributed by atoms with E-state index in [1.54, 1.807) is 11.3 Å². The molecule has 2 nitrogen and oxygen atoms in total. The Balaban J connectivity index is 1.99. The van der Waals surface area contributed by atoms with E-state index >= 15 is 0 Å². The standard InChI is InChI=1S/C11H14ClNOS/c12-9-2-1-8(15-9)11(6-14-7-11)10(5-13)3-4-10/h1-2H,3-7,13H2. The van der Waals surface area contributed by atoms with Gasteiger partial charge in [0.2, 0.25) is 0 Å². The summed E-state index contributed by atoms with van der Waals surface area (Å²) >= 11 is 7.69. The maximum Gasteiger partial charge on any atom is 0.0931 e. The second kappa shape index (κ2) is 3.20. The molecule has 2 N–H and O–H groups in total. The van der Waals surface area contributed by atoms with Crippen molar-refractivity contribution in [2.75, 3.05) is 19.8 Å². The van der Waals surface area contributed by atoms with Gasteiger partial charge >= 0.3 is 0 Å². The van der Waals surface area contributed by atoms with Crippen molar-refractivity contribution in [1.82, 2.24) is 0 Å². The van der Waals surface area contributed by atoms with Crippen molar-refractivity contribution >= 4 is 22.9 Å². The predicted molar refractivity (Wildman–Crippen MR) is 62.5 cm³/mol. The highest BCUT2D eigenvalue weighted by molar-refractivity contribution is 7.16. The molecule has 1 aliphatic carbocycles. The Morgan fingerprint density at radius 2 is 2.13 bits per heavy atom. The Morgan fingerprint density at radius 1 is 1.40 bits per heavy atom. The summed E-state index contributed by atoms with van der Waals surface area (Å²) in [4.78, 5) is 1.36. The fourth-order valence-electron chi connectivity index (χ4n) is 2.62. The summed E-state index contributed by atoms with van der Waals surface area (Å²) < 4.78 is 6.30. The monoisotopic (exact) mass is 243 g/mol. The molecular formula is C11H14ClNOS. The molecule has 1 saturated heterocycles. The van der Waals surface area contributed by atoms with Gasteiger partial charge < -0.3 is 10.5 Å². The van der Waals surface area contributed by atoms with Crippen LogP contribution in [0.2, 0.25) is 4.34 Å². The lowest BCUT2D eigenvalue weighted by Gasteiger charge is -2.47. The molecule has 1 saturated carbocycles. The van der Waals surface area contributed by atoms with E-state index in [4.69, 9.17) is 22.1 Å². The zero-order valence-electron chi connectivity index (χ0n) is 8.46. The molecule has 0 amide bonds. The summed E-state index contributed by atoms with van der Waals surface area (Å²) in [7, 11) is 0. The Bertz CT molecular complexity index is 382. The Morgan fingerprint density at radius 3 is 2.47 bits per heavy atom. The number of hydrogen-bond acceptors (Lipinski definition) is 3. The van der Waals surface area contributed by atoms with Gasteiger partial charge in [-0.3, -0.25) is 0 Å². The molecule has 0 spiro atoms. The lowest BCUT2D eigenvalue weighted by Crippen LogP contribution is -2.55. The molecule has 4 heteroatoms. The van der Waals surface area contributed by atoms with Gasteiger partial charge in [0.05, 0.1) is 23.0 Å². The molecule has 15 heavy (non-hydrogen) atoms. The SMILES string of the molecule is NCC1(C2(c3ccc(Cl)s3)COC2)CC1. The molecule has 0 unspecified atom stereocenters. The van der Waals surface area contributed by atoms with Gasteiger partial charge in [-0.15, -0.1) is 11.3 Å². The highest BCUT2D eigenvalue weighted by Gasteiger charge is 2.63. The van der Waals surface area contributed by atoms with Crippen LogP contribution in [-0.4, -0.2) is 19.8 Å². The van der Waals surface area contributed by atoms with Gasteiger partial charge in [0.15, 0.2) is 0 Å². The van der Waals surface area contributed by atoms with Crippen molar-refractivity contribution in [3.8, 4) is 0 Å². The molecule has 0 bridgehead atoms. The minimum Gasteiger partial charge on any atom is -0.379 e. The van der Waals surface area contributed by atoms with Gasteiger partial charge in [0.1, 0.15) is 0 Å². The summed E-state index contributed by atoms with van der Waals surface area (Å²) in [6, 6.07) is 4.12. The Hall–Kier alpha value is -0.0900. The molecule has 2 fully saturated rings. The van der Waals surface area contributed by atoms with Crippen LogP contribution in [0.5, 0.6) is 0 Å². The molecule has 0 atom stereocenters. The Labute approximate surface area is 98.4 Å². The van der Waals surface area contributed by atoms with Gasteiger partial charge in [-0.05, 0) is 36.9 Å². The van der Waals surface area contributed by atoms with Crippen LogP contribution in [0.15, 0.2) is 12.1 Å². The molecule has 3 rings (SSSR count). The minimum atomic E-state index is 0.180. The van der Waals surface area contributed by atoms with Crippen LogP contribution in [0.4, 0.5) is 0 Å². The predicted octanol–water partition coefficient (Wildman–Crippen LogP) is 2.41. The molecule has 1 aliphatic heterocycles.